The van der Waals surface area contributed by atoms with E-state index in [2.05, 4.69) is 26.6 Å². The molecular weight excluding hydrogens is 799 g/mol. The minimum Gasteiger partial charge on any atom is -0.481 e. The summed E-state index contributed by atoms with van der Waals surface area (Å²) < 4.78 is 5.44. The third kappa shape index (κ3) is 18.3. The molecule has 0 aliphatic carbocycles. The van der Waals surface area contributed by atoms with E-state index < -0.39 is 90.6 Å². The molecule has 0 saturated carbocycles. The first-order valence-corrected chi connectivity index (χ1v) is 19.3. The van der Waals surface area contributed by atoms with E-state index in [1.165, 1.54) is 12.1 Å². The van der Waals surface area contributed by atoms with Crippen LogP contribution in [0.2, 0.25) is 10.0 Å². The normalized spacial score (nSPS) is 13.7. The fourth-order valence-corrected chi connectivity index (χ4v) is 5.93. The van der Waals surface area contributed by atoms with Gasteiger partial charge in [0.25, 0.3) is 0 Å². The van der Waals surface area contributed by atoms with E-state index in [0.717, 1.165) is 5.56 Å². The van der Waals surface area contributed by atoms with Crippen LogP contribution in [0, 0.1) is 11.8 Å². The van der Waals surface area contributed by atoms with Crippen molar-refractivity contribution in [3.05, 3.63) is 69.7 Å². The van der Waals surface area contributed by atoms with Crippen molar-refractivity contribution < 1.29 is 53.3 Å². The standard InChI is InChI=1S/C39H52Cl2N6O11/c1-21(2)14-28(44-35(52)27(12-13-32(42)48)43-33(49)20-58-19-23-8-6-5-7-9-23)36(53)46-30(18-34(50)51)38(55)45-29(15-22(3)4)37(54)47-31(39(56)57)17-24-10-11-25(40)26(41)16-24/h5-11,16,21-22,27-31H,12-15,17-20H2,1-4H3,(H2,42,48)(H,43,49)(H,44,52)(H,45,55)(H,46,53)(H,47,54)(H,50,51)(H,56,57)/t27-,28-,29-,30-,31-/m0/s1. The highest BCUT2D eigenvalue weighted by atomic mass is 35.5. The van der Waals surface area contributed by atoms with E-state index in [1.807, 2.05) is 6.07 Å². The summed E-state index contributed by atoms with van der Waals surface area (Å²) in [7, 11) is 0. The molecule has 318 valence electrons. The van der Waals surface area contributed by atoms with Gasteiger partial charge in [0.1, 0.15) is 36.8 Å². The van der Waals surface area contributed by atoms with E-state index in [1.54, 1.807) is 58.0 Å². The number of hydrogen-bond acceptors (Lipinski definition) is 9. The summed E-state index contributed by atoms with van der Waals surface area (Å²) in [5, 5.41) is 32.2. The number of rotatable bonds is 25. The van der Waals surface area contributed by atoms with Crippen molar-refractivity contribution >= 4 is 70.6 Å². The van der Waals surface area contributed by atoms with Gasteiger partial charge in [-0.25, -0.2) is 4.79 Å². The highest BCUT2D eigenvalue weighted by molar-refractivity contribution is 6.42. The number of amides is 6. The molecule has 0 heterocycles. The SMILES string of the molecule is CC(C)C[C@H](NC(=O)[C@H](CC(=O)O)NC(=O)[C@H](CC(C)C)NC(=O)[C@H](CCC(N)=O)NC(=O)COCc1ccccc1)C(=O)N[C@@H](Cc1ccc(Cl)c(Cl)c1)C(=O)O. The predicted molar refractivity (Wildman–Crippen MR) is 213 cm³/mol. The van der Waals surface area contributed by atoms with Crippen LogP contribution in [-0.2, 0) is 56.1 Å². The molecule has 9 N–H and O–H groups in total. The van der Waals surface area contributed by atoms with Crippen LogP contribution in [0.5, 0.6) is 0 Å². The summed E-state index contributed by atoms with van der Waals surface area (Å²) in [5.41, 5.74) is 6.55. The zero-order valence-corrected chi connectivity index (χ0v) is 34.2. The summed E-state index contributed by atoms with van der Waals surface area (Å²) >= 11 is 12.0. The van der Waals surface area contributed by atoms with Gasteiger partial charge < -0.3 is 47.3 Å². The number of halogens is 2. The smallest absolute Gasteiger partial charge is 0.326 e. The molecule has 0 radical (unpaired) electrons. The van der Waals surface area contributed by atoms with Crippen LogP contribution in [-0.4, -0.2) is 94.4 Å². The molecule has 2 aromatic rings. The Morgan fingerprint density at radius 2 is 1.17 bits per heavy atom. The second-order valence-electron chi connectivity index (χ2n) is 14.5. The maximum Gasteiger partial charge on any atom is 0.326 e. The Bertz CT molecular complexity index is 1760. The molecule has 0 bridgehead atoms. The number of carbonyl (C=O) groups excluding carboxylic acids is 6. The highest BCUT2D eigenvalue weighted by Crippen LogP contribution is 2.23. The third-order valence-corrected chi connectivity index (χ3v) is 9.15. The summed E-state index contributed by atoms with van der Waals surface area (Å²) in [5.74, 6) is -8.49. The van der Waals surface area contributed by atoms with Gasteiger partial charge in [0.15, 0.2) is 0 Å². The molecule has 58 heavy (non-hydrogen) atoms. The molecule has 0 unspecified atom stereocenters. The van der Waals surface area contributed by atoms with Crippen LogP contribution in [0.1, 0.15) is 70.9 Å². The van der Waals surface area contributed by atoms with Gasteiger partial charge in [0.05, 0.1) is 23.1 Å². The largest absolute Gasteiger partial charge is 0.481 e. The van der Waals surface area contributed by atoms with Gasteiger partial charge in [-0.2, -0.15) is 0 Å². The molecular formula is C39H52Cl2N6O11. The summed E-state index contributed by atoms with van der Waals surface area (Å²) in [6.45, 7) is 6.64. The van der Waals surface area contributed by atoms with E-state index >= 15 is 0 Å². The van der Waals surface area contributed by atoms with Crippen molar-refractivity contribution in [2.24, 2.45) is 17.6 Å². The molecule has 6 amide bonds. The Balaban J connectivity index is 2.23. The average Bonchev–Trinajstić information content (AvgIpc) is 3.13. The van der Waals surface area contributed by atoms with Crippen molar-refractivity contribution in [2.75, 3.05) is 6.61 Å². The average molecular weight is 852 g/mol. The van der Waals surface area contributed by atoms with E-state index in [4.69, 9.17) is 33.7 Å². The van der Waals surface area contributed by atoms with Gasteiger partial charge in [0, 0.05) is 12.8 Å². The second-order valence-corrected chi connectivity index (χ2v) is 15.3. The first kappa shape index (κ1) is 48.9. The zero-order chi connectivity index (χ0) is 43.5. The van der Waals surface area contributed by atoms with Gasteiger partial charge in [-0.05, 0) is 54.4 Å². The summed E-state index contributed by atoms with van der Waals surface area (Å²) in [4.78, 5) is 103. The van der Waals surface area contributed by atoms with Crippen LogP contribution in [0.4, 0.5) is 0 Å². The van der Waals surface area contributed by atoms with Crippen LogP contribution < -0.4 is 32.3 Å². The Kier molecular flexibility index (Phi) is 20.6. The first-order chi connectivity index (χ1) is 27.2. The minimum atomic E-state index is -1.75. The van der Waals surface area contributed by atoms with Crippen LogP contribution >= 0.6 is 23.2 Å². The van der Waals surface area contributed by atoms with Crippen molar-refractivity contribution in [3.63, 3.8) is 0 Å². The molecule has 2 rings (SSSR count). The molecule has 0 aliphatic heterocycles. The Labute approximate surface area is 346 Å². The third-order valence-electron chi connectivity index (χ3n) is 8.41. The number of nitrogens with one attached hydrogen (secondary N) is 5. The molecule has 0 saturated heterocycles. The van der Waals surface area contributed by atoms with E-state index in [9.17, 15) is 48.6 Å². The van der Waals surface area contributed by atoms with Crippen molar-refractivity contribution in [1.82, 2.24) is 26.6 Å². The Morgan fingerprint density at radius 1 is 0.655 bits per heavy atom. The lowest BCUT2D eigenvalue weighted by atomic mass is 10.00. The number of aliphatic carboxylic acids is 2. The van der Waals surface area contributed by atoms with E-state index in [-0.39, 0.29) is 60.6 Å². The Hall–Kier alpha value is -5.26. The number of nitrogens with two attached hydrogens (primary N) is 1. The maximum absolute atomic E-state index is 13.7. The van der Waals surface area contributed by atoms with Gasteiger partial charge >= 0.3 is 11.9 Å². The number of carboxylic acid groups (broad SMARTS) is 2. The molecule has 0 spiro atoms. The fourth-order valence-electron chi connectivity index (χ4n) is 5.61. The lowest BCUT2D eigenvalue weighted by Crippen LogP contribution is -2.59. The van der Waals surface area contributed by atoms with Crippen LogP contribution in [0.15, 0.2) is 48.5 Å². The molecule has 2 aromatic carbocycles. The van der Waals surface area contributed by atoms with Gasteiger partial charge in [-0.15, -0.1) is 0 Å². The number of benzene rings is 2. The number of hydrogen-bond donors (Lipinski definition) is 8. The predicted octanol–water partition coefficient (Wildman–Crippen LogP) is 2.09. The molecule has 5 atom stereocenters. The molecule has 0 aromatic heterocycles. The number of carboxylic acids is 2. The maximum atomic E-state index is 13.7. The first-order valence-electron chi connectivity index (χ1n) is 18.5. The molecule has 0 fully saturated rings. The monoisotopic (exact) mass is 850 g/mol. The van der Waals surface area contributed by atoms with Gasteiger partial charge in [0.2, 0.25) is 35.4 Å². The lowest BCUT2D eigenvalue weighted by molar-refractivity contribution is -0.143. The summed E-state index contributed by atoms with van der Waals surface area (Å²) in [6.07, 6.45) is -1.61. The van der Waals surface area contributed by atoms with Crippen LogP contribution in [0.3, 0.4) is 0 Å². The molecule has 19 heteroatoms. The molecule has 17 nitrogen and oxygen atoms in total. The quantitative estimate of drug-likeness (QED) is 0.0717. The summed E-state index contributed by atoms with van der Waals surface area (Å²) in [6, 6.07) is 6.23. The van der Waals surface area contributed by atoms with Crippen molar-refractivity contribution in [3.8, 4) is 0 Å². The van der Waals surface area contributed by atoms with Gasteiger partial charge in [-0.1, -0.05) is 87.3 Å². The topological polar surface area (TPSA) is 272 Å². The molecule has 0 aliphatic rings. The van der Waals surface area contributed by atoms with E-state index in [0.29, 0.717) is 5.56 Å². The highest BCUT2D eigenvalue weighted by Gasteiger charge is 2.34. The van der Waals surface area contributed by atoms with Crippen LogP contribution in [0.25, 0.3) is 0 Å². The fraction of sp³-hybridized carbons (Fsp3) is 0.487. The van der Waals surface area contributed by atoms with Crippen molar-refractivity contribution in [2.45, 2.75) is 103 Å². The number of primary amides is 1. The number of carbonyl (C=O) groups is 8. The number of ether oxygens (including phenoxy) is 1. The Morgan fingerprint density at radius 3 is 1.67 bits per heavy atom. The zero-order valence-electron chi connectivity index (χ0n) is 32.7. The second kappa shape index (κ2) is 24.5. The van der Waals surface area contributed by atoms with Crippen molar-refractivity contribution in [1.29, 1.82) is 0 Å². The minimum absolute atomic E-state index is 0.00342. The lowest BCUT2D eigenvalue weighted by Gasteiger charge is -2.27. The van der Waals surface area contributed by atoms with Gasteiger partial charge in [-0.3, -0.25) is 33.6 Å².